The van der Waals surface area contributed by atoms with Crippen molar-refractivity contribution >= 4 is 63.2 Å². The zero-order valence-corrected chi connectivity index (χ0v) is 19.0. The number of aryl methyl sites for hydroxylation is 2. The first-order chi connectivity index (χ1) is 13.9. The van der Waals surface area contributed by atoms with Gasteiger partial charge in [0.2, 0.25) is 5.91 Å². The van der Waals surface area contributed by atoms with Gasteiger partial charge in [0.1, 0.15) is 4.32 Å². The molecule has 0 radical (unpaired) electrons. The fraction of sp³-hybridized carbons (Fsp3) is 0.318. The Morgan fingerprint density at radius 1 is 1.21 bits per heavy atom. The van der Waals surface area contributed by atoms with E-state index in [1.165, 1.54) is 17.3 Å². The highest BCUT2D eigenvalue weighted by molar-refractivity contribution is 8.26. The quantitative estimate of drug-likeness (QED) is 0.319. The molecule has 0 bridgehead atoms. The van der Waals surface area contributed by atoms with E-state index in [4.69, 9.17) is 12.2 Å². The lowest BCUT2D eigenvalue weighted by Crippen LogP contribution is -2.29. The molecule has 1 aliphatic rings. The monoisotopic (exact) mass is 444 g/mol. The van der Waals surface area contributed by atoms with Crippen LogP contribution in [0.25, 0.3) is 6.08 Å². The third kappa shape index (κ3) is 6.01. The number of thiophene rings is 1. The van der Waals surface area contributed by atoms with E-state index in [1.54, 1.807) is 16.2 Å². The molecular formula is C22H24N2O2S3. The molecule has 0 atom stereocenters. The van der Waals surface area contributed by atoms with Gasteiger partial charge in [0.25, 0.3) is 5.91 Å². The van der Waals surface area contributed by atoms with Gasteiger partial charge in [-0.05, 0) is 55.8 Å². The molecule has 1 N–H and O–H groups in total. The van der Waals surface area contributed by atoms with Gasteiger partial charge >= 0.3 is 0 Å². The van der Waals surface area contributed by atoms with E-state index in [0.717, 1.165) is 35.4 Å². The first kappa shape index (κ1) is 21.7. The Labute approximate surface area is 185 Å². The molecule has 1 saturated heterocycles. The van der Waals surface area contributed by atoms with Crippen molar-refractivity contribution in [1.29, 1.82) is 0 Å². The van der Waals surface area contributed by atoms with Crippen molar-refractivity contribution in [3.63, 3.8) is 0 Å². The van der Waals surface area contributed by atoms with Crippen LogP contribution in [0.1, 0.15) is 41.7 Å². The number of hydrogen-bond acceptors (Lipinski definition) is 5. The standard InChI is InChI=1S/C22H24N2O2S3/c1-15-9-10-18(16(2)13-15)23-20(25)8-4-3-5-11-24-21(26)19(29-22(24)27)14-17-7-6-12-28-17/h6-7,9-10,12-14H,3-5,8,11H2,1-2H3,(H,23,25)/b19-14-. The Morgan fingerprint density at radius 2 is 2.03 bits per heavy atom. The number of thioether (sulfide) groups is 1. The molecule has 2 amide bonds. The zero-order valence-electron chi connectivity index (χ0n) is 16.6. The topological polar surface area (TPSA) is 49.4 Å². The maximum atomic E-state index is 12.6. The lowest BCUT2D eigenvalue weighted by molar-refractivity contribution is -0.122. The van der Waals surface area contributed by atoms with Crippen molar-refractivity contribution in [2.24, 2.45) is 0 Å². The van der Waals surface area contributed by atoms with Gasteiger partial charge in [-0.15, -0.1) is 11.3 Å². The molecule has 7 heteroatoms. The first-order valence-corrected chi connectivity index (χ1v) is 11.7. The van der Waals surface area contributed by atoms with E-state index in [0.29, 0.717) is 22.2 Å². The molecule has 2 heterocycles. The second-order valence-electron chi connectivity index (χ2n) is 7.03. The summed E-state index contributed by atoms with van der Waals surface area (Å²) < 4.78 is 0.616. The number of amides is 2. The average molecular weight is 445 g/mol. The van der Waals surface area contributed by atoms with Gasteiger partial charge in [0.05, 0.1) is 4.91 Å². The van der Waals surface area contributed by atoms with Gasteiger partial charge in [-0.3, -0.25) is 14.5 Å². The van der Waals surface area contributed by atoms with Crippen LogP contribution < -0.4 is 5.32 Å². The fourth-order valence-electron chi connectivity index (χ4n) is 3.09. The summed E-state index contributed by atoms with van der Waals surface area (Å²) in [5.41, 5.74) is 3.13. The number of nitrogens with zero attached hydrogens (tertiary/aromatic N) is 1. The molecule has 1 aromatic carbocycles. The second kappa shape index (κ2) is 10.2. The molecule has 1 fully saturated rings. The third-order valence-electron chi connectivity index (χ3n) is 4.63. The summed E-state index contributed by atoms with van der Waals surface area (Å²) in [6.07, 6.45) is 4.87. The molecule has 0 unspecified atom stereocenters. The van der Waals surface area contributed by atoms with E-state index < -0.39 is 0 Å². The van der Waals surface area contributed by atoms with Crippen LogP contribution in [0.2, 0.25) is 0 Å². The fourth-order valence-corrected chi connectivity index (χ4v) is 5.13. The van der Waals surface area contributed by atoms with Crippen molar-refractivity contribution in [3.8, 4) is 0 Å². The molecule has 3 rings (SSSR count). The SMILES string of the molecule is Cc1ccc(NC(=O)CCCCCN2C(=O)/C(=C/c3cccs3)SC2=S)c(C)c1. The van der Waals surface area contributed by atoms with Crippen molar-refractivity contribution in [1.82, 2.24) is 4.90 Å². The molecule has 1 aliphatic heterocycles. The van der Waals surface area contributed by atoms with Gasteiger partial charge in [0.15, 0.2) is 0 Å². The van der Waals surface area contributed by atoms with Gasteiger partial charge in [0, 0.05) is 23.5 Å². The van der Waals surface area contributed by atoms with E-state index in [9.17, 15) is 9.59 Å². The molecule has 0 aliphatic carbocycles. The molecular weight excluding hydrogens is 420 g/mol. The molecule has 4 nitrogen and oxygen atoms in total. The summed E-state index contributed by atoms with van der Waals surface area (Å²) >= 11 is 8.34. The molecule has 152 valence electrons. The average Bonchev–Trinajstić information content (AvgIpc) is 3.27. The Morgan fingerprint density at radius 3 is 2.76 bits per heavy atom. The minimum atomic E-state index is -0.0130. The normalized spacial score (nSPS) is 15.4. The zero-order chi connectivity index (χ0) is 20.8. The summed E-state index contributed by atoms with van der Waals surface area (Å²) in [5, 5.41) is 4.97. The minimum absolute atomic E-state index is 0.0130. The summed E-state index contributed by atoms with van der Waals surface area (Å²) in [4.78, 5) is 28.1. The van der Waals surface area contributed by atoms with Crippen LogP contribution >= 0.6 is 35.3 Å². The van der Waals surface area contributed by atoms with Crippen LogP contribution in [0.3, 0.4) is 0 Å². The van der Waals surface area contributed by atoms with Crippen LogP contribution in [-0.4, -0.2) is 27.6 Å². The van der Waals surface area contributed by atoms with Crippen molar-refractivity contribution < 1.29 is 9.59 Å². The molecule has 1 aromatic heterocycles. The van der Waals surface area contributed by atoms with E-state index in [2.05, 4.69) is 11.4 Å². The number of unbranched alkanes of at least 4 members (excludes halogenated alkanes) is 2. The highest BCUT2D eigenvalue weighted by Crippen LogP contribution is 2.33. The van der Waals surface area contributed by atoms with E-state index in [1.807, 2.05) is 49.6 Å². The van der Waals surface area contributed by atoms with Gasteiger partial charge < -0.3 is 5.32 Å². The molecule has 0 spiro atoms. The Balaban J connectivity index is 1.39. The maximum Gasteiger partial charge on any atom is 0.266 e. The minimum Gasteiger partial charge on any atom is -0.326 e. The maximum absolute atomic E-state index is 12.6. The highest BCUT2D eigenvalue weighted by atomic mass is 32.2. The smallest absolute Gasteiger partial charge is 0.266 e. The number of anilines is 1. The number of rotatable bonds is 8. The highest BCUT2D eigenvalue weighted by Gasteiger charge is 2.31. The molecule has 2 aromatic rings. The Bertz CT molecular complexity index is 936. The van der Waals surface area contributed by atoms with Crippen molar-refractivity contribution in [2.45, 2.75) is 39.5 Å². The summed E-state index contributed by atoms with van der Waals surface area (Å²) in [5.74, 6) is 0.0161. The van der Waals surface area contributed by atoms with Crippen molar-refractivity contribution in [2.75, 3.05) is 11.9 Å². The third-order valence-corrected chi connectivity index (χ3v) is 6.83. The van der Waals surface area contributed by atoms with Crippen LogP contribution in [0.15, 0.2) is 40.6 Å². The van der Waals surface area contributed by atoms with Gasteiger partial charge in [-0.2, -0.15) is 0 Å². The van der Waals surface area contributed by atoms with Crippen LogP contribution in [-0.2, 0) is 9.59 Å². The first-order valence-electron chi connectivity index (χ1n) is 9.60. The summed E-state index contributed by atoms with van der Waals surface area (Å²) in [7, 11) is 0. The Hall–Kier alpha value is -1.96. The van der Waals surface area contributed by atoms with Crippen LogP contribution in [0.5, 0.6) is 0 Å². The van der Waals surface area contributed by atoms with Crippen molar-refractivity contribution in [3.05, 3.63) is 56.6 Å². The molecule has 0 saturated carbocycles. The number of thiocarbonyl (C=S) groups is 1. The largest absolute Gasteiger partial charge is 0.326 e. The number of carbonyl (C=O) groups excluding carboxylic acids is 2. The van der Waals surface area contributed by atoms with E-state index >= 15 is 0 Å². The Kier molecular flexibility index (Phi) is 7.64. The summed E-state index contributed by atoms with van der Waals surface area (Å²) in [6.45, 7) is 4.64. The lowest BCUT2D eigenvalue weighted by Gasteiger charge is -2.14. The lowest BCUT2D eigenvalue weighted by atomic mass is 10.1. The van der Waals surface area contributed by atoms with Gasteiger partial charge in [-0.1, -0.05) is 54.2 Å². The van der Waals surface area contributed by atoms with E-state index in [-0.39, 0.29) is 11.8 Å². The number of benzene rings is 1. The second-order valence-corrected chi connectivity index (χ2v) is 9.68. The predicted molar refractivity (Wildman–Crippen MR) is 127 cm³/mol. The number of carbonyl (C=O) groups is 2. The molecule has 29 heavy (non-hydrogen) atoms. The van der Waals surface area contributed by atoms with Crippen LogP contribution in [0, 0.1) is 13.8 Å². The number of hydrogen-bond donors (Lipinski definition) is 1. The van der Waals surface area contributed by atoms with Gasteiger partial charge in [-0.25, -0.2) is 0 Å². The predicted octanol–water partition coefficient (Wildman–Crippen LogP) is 5.77. The number of nitrogens with one attached hydrogen (secondary N) is 1. The van der Waals surface area contributed by atoms with Crippen LogP contribution in [0.4, 0.5) is 5.69 Å². The summed E-state index contributed by atoms with van der Waals surface area (Å²) in [6, 6.07) is 9.96.